The van der Waals surface area contributed by atoms with E-state index in [4.69, 9.17) is 5.73 Å². The molecule has 2 saturated heterocycles. The minimum Gasteiger partial charge on any atom is -0.477 e. The summed E-state index contributed by atoms with van der Waals surface area (Å²) in [6.07, 6.45) is -3.37. The van der Waals surface area contributed by atoms with Crippen LogP contribution in [0.15, 0.2) is 47.2 Å². The number of anilines is 1. The molecule has 2 amide bonds. The predicted octanol–water partition coefficient (Wildman–Crippen LogP) is 1.40. The Morgan fingerprint density at radius 3 is 2.48 bits per heavy atom. The molecule has 3 aliphatic heterocycles. The van der Waals surface area contributed by atoms with Gasteiger partial charge in [-0.1, -0.05) is 0 Å². The molecule has 0 unspecified atom stereocenters. The zero-order valence-corrected chi connectivity index (χ0v) is 17.5. The van der Waals surface area contributed by atoms with Gasteiger partial charge in [-0.15, -0.1) is 11.8 Å². The second kappa shape index (κ2) is 8.23. The summed E-state index contributed by atoms with van der Waals surface area (Å²) < 4.78 is 41.2. The van der Waals surface area contributed by atoms with Gasteiger partial charge in [0.1, 0.15) is 22.9 Å². The Kier molecular flexibility index (Phi) is 5.70. The van der Waals surface area contributed by atoms with Crippen molar-refractivity contribution in [2.75, 3.05) is 17.2 Å². The van der Waals surface area contributed by atoms with E-state index in [1.165, 1.54) is 34.9 Å². The lowest BCUT2D eigenvalue weighted by Crippen LogP contribution is -2.68. The number of fused-ring (bicyclic) bond motifs is 1. The van der Waals surface area contributed by atoms with Crippen molar-refractivity contribution in [3.8, 4) is 5.75 Å². The van der Waals surface area contributed by atoms with Crippen LogP contribution in [0, 0.1) is 0 Å². The second-order valence-corrected chi connectivity index (χ2v) is 8.48. The molecule has 1 aromatic carbocycles. The van der Waals surface area contributed by atoms with Crippen molar-refractivity contribution >= 4 is 41.2 Å². The molecule has 2 fully saturated rings. The highest BCUT2D eigenvalue weighted by molar-refractivity contribution is 8.00. The topological polar surface area (TPSA) is 130 Å². The number of rotatable bonds is 4. The van der Waals surface area contributed by atoms with Crippen LogP contribution in [0.25, 0.3) is 0 Å². The minimum atomic E-state index is -5.13. The molecule has 0 bridgehead atoms. The van der Waals surface area contributed by atoms with Crippen LogP contribution < -0.4 is 15.4 Å². The van der Waals surface area contributed by atoms with E-state index in [9.17, 15) is 37.5 Å². The normalized spacial score (nSPS) is 24.2. The third-order valence-electron chi connectivity index (χ3n) is 5.30. The van der Waals surface area contributed by atoms with Crippen molar-refractivity contribution in [3.05, 3.63) is 47.2 Å². The summed E-state index contributed by atoms with van der Waals surface area (Å²) in [6, 6.07) is 4.18. The molecule has 0 aliphatic carbocycles. The molecule has 4 rings (SSSR count). The molecule has 3 aliphatic rings. The van der Waals surface area contributed by atoms with E-state index in [0.717, 1.165) is 17.0 Å². The highest BCUT2D eigenvalue weighted by atomic mass is 32.2. The lowest BCUT2D eigenvalue weighted by molar-refractivity contribution is -0.189. The number of nitrogens with zero attached hydrogens (tertiary/aromatic N) is 2. The Labute approximate surface area is 188 Å². The number of benzene rings is 1. The number of halogens is 3. The van der Waals surface area contributed by atoms with Gasteiger partial charge in [0.05, 0.1) is 0 Å². The predicted molar refractivity (Wildman–Crippen MR) is 109 cm³/mol. The first kappa shape index (κ1) is 22.9. The first-order valence-electron chi connectivity index (χ1n) is 9.57. The number of esters is 1. The molecule has 0 aromatic heterocycles. The molecule has 3 heterocycles. The first-order valence-corrected chi connectivity index (χ1v) is 10.6. The number of aliphatic carboxylic acids is 1. The van der Waals surface area contributed by atoms with E-state index in [1.807, 2.05) is 0 Å². The molecular weight excluding hydrogens is 467 g/mol. The number of nitrogens with two attached hydrogens (primary N) is 1. The number of carboxylic acid groups (broad SMARTS) is 1. The van der Waals surface area contributed by atoms with Gasteiger partial charge in [-0.05, 0) is 42.3 Å². The maximum Gasteiger partial charge on any atom is 0.491 e. The van der Waals surface area contributed by atoms with Crippen LogP contribution in [0.2, 0.25) is 0 Å². The molecule has 13 heteroatoms. The van der Waals surface area contributed by atoms with E-state index < -0.39 is 41.3 Å². The first-order chi connectivity index (χ1) is 15.5. The third-order valence-corrected chi connectivity index (χ3v) is 6.63. The summed E-state index contributed by atoms with van der Waals surface area (Å²) in [5.41, 5.74) is 6.54. The molecule has 0 spiro atoms. The van der Waals surface area contributed by atoms with Crippen LogP contribution >= 0.6 is 11.8 Å². The Bertz CT molecular complexity index is 1120. The summed E-state index contributed by atoms with van der Waals surface area (Å²) in [4.78, 5) is 50.1. The average molecular weight is 483 g/mol. The Morgan fingerprint density at radius 2 is 1.88 bits per heavy atom. The van der Waals surface area contributed by atoms with E-state index >= 15 is 0 Å². The fraction of sp³-hybridized carbons (Fsp3) is 0.300. The van der Waals surface area contributed by atoms with Crippen LogP contribution in [-0.4, -0.2) is 63.6 Å². The van der Waals surface area contributed by atoms with Crippen LogP contribution in [0.4, 0.5) is 18.9 Å². The second-order valence-electron chi connectivity index (χ2n) is 7.37. The van der Waals surface area contributed by atoms with Gasteiger partial charge in [0, 0.05) is 23.6 Å². The van der Waals surface area contributed by atoms with Crippen molar-refractivity contribution in [1.82, 2.24) is 4.90 Å². The monoisotopic (exact) mass is 483 g/mol. The molecule has 0 radical (unpaired) electrons. The van der Waals surface area contributed by atoms with Crippen molar-refractivity contribution in [1.29, 1.82) is 0 Å². The number of hydrogen-bond acceptors (Lipinski definition) is 7. The number of alkyl halides is 3. The van der Waals surface area contributed by atoms with Gasteiger partial charge in [-0.25, -0.2) is 9.59 Å². The lowest BCUT2D eigenvalue weighted by Gasteiger charge is -2.47. The van der Waals surface area contributed by atoms with Gasteiger partial charge in [-0.3, -0.25) is 14.5 Å². The fourth-order valence-electron chi connectivity index (χ4n) is 3.71. The number of hydrogen-bond donors (Lipinski definition) is 2. The SMILES string of the molecule is N[C@@H]1C(=O)N2C(C(=O)O)=C(/C=C3\CCN(c4ccc(OC(=O)C(F)(F)F)cc4)C3=O)CS[C@H]12. The molecule has 1 aromatic rings. The smallest absolute Gasteiger partial charge is 0.477 e. The lowest BCUT2D eigenvalue weighted by atomic mass is 10.0. The highest BCUT2D eigenvalue weighted by Gasteiger charge is 2.51. The summed E-state index contributed by atoms with van der Waals surface area (Å²) in [5.74, 6) is -4.61. The van der Waals surface area contributed by atoms with Gasteiger partial charge in [0.25, 0.3) is 5.91 Å². The van der Waals surface area contributed by atoms with Gasteiger partial charge in [-0.2, -0.15) is 13.2 Å². The van der Waals surface area contributed by atoms with E-state index in [2.05, 4.69) is 4.74 Å². The number of ether oxygens (including phenoxy) is 1. The minimum absolute atomic E-state index is 0.194. The summed E-state index contributed by atoms with van der Waals surface area (Å²) >= 11 is 1.31. The van der Waals surface area contributed by atoms with Crippen LogP contribution in [-0.2, 0) is 19.2 Å². The van der Waals surface area contributed by atoms with Crippen LogP contribution in [0.3, 0.4) is 0 Å². The molecule has 0 saturated carbocycles. The van der Waals surface area contributed by atoms with E-state index in [1.54, 1.807) is 0 Å². The summed E-state index contributed by atoms with van der Waals surface area (Å²) in [7, 11) is 0. The largest absolute Gasteiger partial charge is 0.491 e. The van der Waals surface area contributed by atoms with Gasteiger partial charge in [0.15, 0.2) is 0 Å². The Balaban J connectivity index is 1.53. The van der Waals surface area contributed by atoms with Crippen molar-refractivity contribution in [2.45, 2.75) is 24.0 Å². The molecule has 3 N–H and O–H groups in total. The molecule has 174 valence electrons. The van der Waals surface area contributed by atoms with E-state index in [-0.39, 0.29) is 23.7 Å². The highest BCUT2D eigenvalue weighted by Crippen LogP contribution is 2.40. The van der Waals surface area contributed by atoms with Gasteiger partial charge in [0.2, 0.25) is 5.91 Å². The maximum atomic E-state index is 12.9. The number of carbonyl (C=O) groups is 4. The molecular formula is C20H16F3N3O6S. The van der Waals surface area contributed by atoms with Crippen molar-refractivity contribution in [3.63, 3.8) is 0 Å². The number of β-lactam (4-membered cyclic amide) rings is 1. The van der Waals surface area contributed by atoms with E-state index in [0.29, 0.717) is 23.3 Å². The number of thioether (sulfide) groups is 1. The third kappa shape index (κ3) is 4.09. The number of amides is 2. The van der Waals surface area contributed by atoms with Crippen molar-refractivity contribution in [2.24, 2.45) is 5.73 Å². The zero-order valence-electron chi connectivity index (χ0n) is 16.7. The Hall–Kier alpha value is -3.32. The molecule has 9 nitrogen and oxygen atoms in total. The number of carboxylic acids is 1. The molecule has 2 atom stereocenters. The fourth-order valence-corrected chi connectivity index (χ4v) is 4.97. The van der Waals surface area contributed by atoms with Crippen LogP contribution in [0.5, 0.6) is 5.75 Å². The van der Waals surface area contributed by atoms with Crippen LogP contribution in [0.1, 0.15) is 6.42 Å². The average Bonchev–Trinajstić information content (AvgIpc) is 3.12. The van der Waals surface area contributed by atoms with Crippen molar-refractivity contribution < 1.29 is 42.2 Å². The van der Waals surface area contributed by atoms with Gasteiger partial charge >= 0.3 is 18.1 Å². The summed E-state index contributed by atoms with van der Waals surface area (Å²) in [6.45, 7) is 0.255. The maximum absolute atomic E-state index is 12.9. The Morgan fingerprint density at radius 1 is 1.21 bits per heavy atom. The number of allylic oxidation sites excluding steroid dienone is 1. The summed E-state index contributed by atoms with van der Waals surface area (Å²) in [5, 5.41) is 9.16. The standard InChI is InChI=1S/C20H16F3N3O6S/c21-20(22,23)19(31)32-12-3-1-11(2-4-12)25-6-5-9(15(25)27)7-10-8-33-17-13(24)16(28)26(17)14(10)18(29)30/h1-4,7,13,17H,5-6,8,24H2,(H,29,30)/b9-7+/t13-,17-/m1/s1. The number of carbonyl (C=O) groups excluding carboxylic acids is 3. The van der Waals surface area contributed by atoms with Gasteiger partial charge < -0.3 is 20.5 Å². The molecule has 33 heavy (non-hydrogen) atoms. The zero-order chi connectivity index (χ0) is 24.1. The quantitative estimate of drug-likeness (QED) is 0.285.